The molecule has 1 aliphatic carbocycles. The highest BCUT2D eigenvalue weighted by Crippen LogP contribution is 2.30. The van der Waals surface area contributed by atoms with E-state index in [1.54, 1.807) is 24.3 Å². The number of hydrogen-bond acceptors (Lipinski definition) is 8. The second-order valence-electron chi connectivity index (χ2n) is 9.06. The number of nitro groups is 1. The van der Waals surface area contributed by atoms with E-state index >= 15 is 0 Å². The van der Waals surface area contributed by atoms with Crippen molar-refractivity contribution in [3.8, 4) is 0 Å². The molecule has 4 rings (SSSR count). The van der Waals surface area contributed by atoms with Crippen molar-refractivity contribution in [3.63, 3.8) is 0 Å². The van der Waals surface area contributed by atoms with Crippen molar-refractivity contribution in [1.82, 2.24) is 15.3 Å². The molecule has 0 atom stereocenters. The highest BCUT2D eigenvalue weighted by atomic mass is 16.6. The molecule has 0 saturated heterocycles. The third kappa shape index (κ3) is 6.76. The van der Waals surface area contributed by atoms with Crippen LogP contribution in [-0.2, 0) is 6.54 Å². The summed E-state index contributed by atoms with van der Waals surface area (Å²) in [5, 5.41) is 20.6. The maximum absolute atomic E-state index is 12.4. The van der Waals surface area contributed by atoms with Crippen molar-refractivity contribution in [2.24, 2.45) is 17.6 Å². The lowest BCUT2D eigenvalue weighted by Crippen LogP contribution is -2.25. The Morgan fingerprint density at radius 2 is 1.72 bits per heavy atom. The molecule has 36 heavy (non-hydrogen) atoms. The molecule has 1 aliphatic rings. The molecule has 0 radical (unpaired) electrons. The summed E-state index contributed by atoms with van der Waals surface area (Å²) < 4.78 is 0. The Kier molecular flexibility index (Phi) is 8.40. The van der Waals surface area contributed by atoms with Crippen LogP contribution in [0.1, 0.15) is 41.6 Å². The van der Waals surface area contributed by atoms with Gasteiger partial charge in [0, 0.05) is 24.3 Å². The second kappa shape index (κ2) is 12.1. The van der Waals surface area contributed by atoms with Gasteiger partial charge in [-0.3, -0.25) is 14.9 Å². The second-order valence-corrected chi connectivity index (χ2v) is 9.06. The van der Waals surface area contributed by atoms with Crippen LogP contribution in [0.4, 0.5) is 23.1 Å². The summed E-state index contributed by atoms with van der Waals surface area (Å²) in [6, 6.07) is 16.6. The molecule has 5 N–H and O–H groups in total. The number of hydrogen-bond donors (Lipinski definition) is 4. The van der Waals surface area contributed by atoms with E-state index in [9.17, 15) is 14.9 Å². The van der Waals surface area contributed by atoms with Gasteiger partial charge in [0.25, 0.3) is 5.91 Å². The number of carbonyl (C=O) groups excluding carboxylic acids is 1. The fourth-order valence-corrected chi connectivity index (χ4v) is 4.33. The molecular formula is C26H31N7O3. The third-order valence-electron chi connectivity index (χ3n) is 6.52. The maximum atomic E-state index is 12.4. The predicted molar refractivity (Wildman–Crippen MR) is 139 cm³/mol. The van der Waals surface area contributed by atoms with Gasteiger partial charge in [-0.05, 0) is 73.9 Å². The van der Waals surface area contributed by atoms with Crippen LogP contribution >= 0.6 is 0 Å². The first-order chi connectivity index (χ1) is 17.5. The zero-order valence-electron chi connectivity index (χ0n) is 20.0. The molecule has 10 heteroatoms. The van der Waals surface area contributed by atoms with E-state index < -0.39 is 4.92 Å². The molecule has 1 fully saturated rings. The Hall–Kier alpha value is -4.05. The molecule has 1 amide bonds. The van der Waals surface area contributed by atoms with Crippen molar-refractivity contribution < 1.29 is 9.72 Å². The van der Waals surface area contributed by atoms with E-state index in [1.165, 1.54) is 6.20 Å². The topological polar surface area (TPSA) is 148 Å². The molecule has 1 aromatic heterocycles. The van der Waals surface area contributed by atoms with Gasteiger partial charge in [-0.15, -0.1) is 0 Å². The van der Waals surface area contributed by atoms with Crippen LogP contribution in [0.25, 0.3) is 0 Å². The van der Waals surface area contributed by atoms with Crippen molar-refractivity contribution in [2.45, 2.75) is 32.2 Å². The molecule has 2 aromatic carbocycles. The zero-order chi connectivity index (χ0) is 25.3. The summed E-state index contributed by atoms with van der Waals surface area (Å²) in [5.41, 5.74) is 7.81. The lowest BCUT2D eigenvalue weighted by molar-refractivity contribution is -0.384. The van der Waals surface area contributed by atoms with Crippen LogP contribution < -0.4 is 21.7 Å². The maximum Gasteiger partial charge on any atom is 0.329 e. The smallest absolute Gasteiger partial charge is 0.329 e. The van der Waals surface area contributed by atoms with Gasteiger partial charge in [-0.2, -0.15) is 4.98 Å². The summed E-state index contributed by atoms with van der Waals surface area (Å²) in [4.78, 5) is 31.9. The lowest BCUT2D eigenvalue weighted by atomic mass is 9.82. The van der Waals surface area contributed by atoms with Gasteiger partial charge in [0.2, 0.25) is 11.8 Å². The van der Waals surface area contributed by atoms with Gasteiger partial charge in [0.1, 0.15) is 6.20 Å². The van der Waals surface area contributed by atoms with E-state index in [1.807, 2.05) is 30.3 Å². The monoisotopic (exact) mass is 489 g/mol. The Labute approximate surface area is 209 Å². The minimum Gasteiger partial charge on any atom is -0.364 e. The molecule has 1 saturated carbocycles. The summed E-state index contributed by atoms with van der Waals surface area (Å²) in [5.74, 6) is 1.25. The molecule has 3 aromatic rings. The fraction of sp³-hybridized carbons (Fsp3) is 0.346. The molecule has 0 aliphatic heterocycles. The van der Waals surface area contributed by atoms with E-state index in [0.29, 0.717) is 42.7 Å². The van der Waals surface area contributed by atoms with Crippen LogP contribution in [0.2, 0.25) is 0 Å². The van der Waals surface area contributed by atoms with Gasteiger partial charge >= 0.3 is 5.69 Å². The van der Waals surface area contributed by atoms with Crippen molar-refractivity contribution in [1.29, 1.82) is 0 Å². The summed E-state index contributed by atoms with van der Waals surface area (Å²) in [6.45, 7) is 1.77. The largest absolute Gasteiger partial charge is 0.364 e. The number of rotatable bonds is 10. The van der Waals surface area contributed by atoms with Gasteiger partial charge in [-0.1, -0.05) is 30.3 Å². The Balaban J connectivity index is 1.36. The van der Waals surface area contributed by atoms with Gasteiger partial charge in [-0.25, -0.2) is 4.98 Å². The first kappa shape index (κ1) is 25.1. The Morgan fingerprint density at radius 1 is 1.03 bits per heavy atom. The van der Waals surface area contributed by atoms with E-state index in [4.69, 9.17) is 5.73 Å². The average Bonchev–Trinajstić information content (AvgIpc) is 2.92. The van der Waals surface area contributed by atoms with E-state index in [-0.39, 0.29) is 23.4 Å². The van der Waals surface area contributed by atoms with Gasteiger partial charge < -0.3 is 21.7 Å². The predicted octanol–water partition coefficient (Wildman–Crippen LogP) is 4.24. The number of carbonyl (C=O) groups is 1. The summed E-state index contributed by atoms with van der Waals surface area (Å²) in [7, 11) is 0. The van der Waals surface area contributed by atoms with Crippen LogP contribution in [0, 0.1) is 22.0 Å². The van der Waals surface area contributed by atoms with Crippen molar-refractivity contribution in [2.75, 3.05) is 23.7 Å². The van der Waals surface area contributed by atoms with Gasteiger partial charge in [0.05, 0.1) is 4.92 Å². The van der Waals surface area contributed by atoms with Crippen LogP contribution in [-0.4, -0.2) is 33.9 Å². The highest BCUT2D eigenvalue weighted by molar-refractivity contribution is 5.94. The average molecular weight is 490 g/mol. The van der Waals surface area contributed by atoms with Crippen molar-refractivity contribution >= 4 is 29.0 Å². The van der Waals surface area contributed by atoms with Gasteiger partial charge in [0.15, 0.2) is 0 Å². The molecule has 10 nitrogen and oxygen atoms in total. The molecule has 1 heterocycles. The number of nitrogens with one attached hydrogen (secondary N) is 3. The normalized spacial score (nSPS) is 17.2. The minimum atomic E-state index is -0.486. The van der Waals surface area contributed by atoms with Crippen molar-refractivity contribution in [3.05, 3.63) is 82.0 Å². The van der Waals surface area contributed by atoms with Crippen LogP contribution in [0.5, 0.6) is 0 Å². The molecule has 0 unspecified atom stereocenters. The first-order valence-electron chi connectivity index (χ1n) is 12.2. The Bertz CT molecular complexity index is 1160. The SMILES string of the molecule is NCC1CCC(CNc2nc(Nc3ccc(C(=O)NCc4ccccc4)cc3)ncc2[N+](=O)[O-])CC1. The zero-order valence-corrected chi connectivity index (χ0v) is 20.0. The number of anilines is 3. The molecule has 0 bridgehead atoms. The summed E-state index contributed by atoms with van der Waals surface area (Å²) in [6.07, 6.45) is 5.46. The number of aromatic nitrogens is 2. The molecule has 0 spiro atoms. The number of benzene rings is 2. The quantitative estimate of drug-likeness (QED) is 0.244. The first-order valence-corrected chi connectivity index (χ1v) is 12.2. The minimum absolute atomic E-state index is 0.165. The molecular weight excluding hydrogens is 458 g/mol. The number of nitrogens with zero attached hydrogens (tertiary/aromatic N) is 3. The van der Waals surface area contributed by atoms with Crippen LogP contribution in [0.15, 0.2) is 60.8 Å². The highest BCUT2D eigenvalue weighted by Gasteiger charge is 2.22. The lowest BCUT2D eigenvalue weighted by Gasteiger charge is -2.27. The number of amides is 1. The van der Waals surface area contributed by atoms with E-state index in [0.717, 1.165) is 31.2 Å². The third-order valence-corrected chi connectivity index (χ3v) is 6.52. The standard InChI is InChI=1S/C26H31N7O3/c27-14-18-6-8-20(9-7-18)15-28-24-23(33(35)36)17-30-26(32-24)31-22-12-10-21(11-13-22)25(34)29-16-19-4-2-1-3-5-19/h1-5,10-13,17-18,20H,6-9,14-16,27H2,(H,29,34)(H2,28,30,31,32). The molecule has 188 valence electrons. The fourth-order valence-electron chi connectivity index (χ4n) is 4.33. The van der Waals surface area contributed by atoms with Crippen LogP contribution in [0.3, 0.4) is 0 Å². The summed E-state index contributed by atoms with van der Waals surface area (Å²) >= 11 is 0. The van der Waals surface area contributed by atoms with E-state index in [2.05, 4.69) is 25.9 Å². The Morgan fingerprint density at radius 3 is 2.39 bits per heavy atom. The number of nitrogens with two attached hydrogens (primary N) is 1.